The smallest absolute Gasteiger partial charge is 0.116 e. The summed E-state index contributed by atoms with van der Waals surface area (Å²) in [6, 6.07) is 5.92. The fourth-order valence-corrected chi connectivity index (χ4v) is 5.29. The van der Waals surface area contributed by atoms with E-state index in [0.717, 1.165) is 5.92 Å². The second-order valence-corrected chi connectivity index (χ2v) is 7.24. The van der Waals surface area contributed by atoms with Crippen molar-refractivity contribution in [3.8, 4) is 5.75 Å². The van der Waals surface area contributed by atoms with Crippen LogP contribution in [0.25, 0.3) is 6.08 Å². The van der Waals surface area contributed by atoms with Crippen LogP contribution in [0.5, 0.6) is 5.75 Å². The number of phenols is 1. The Morgan fingerprint density at radius 3 is 3.00 bits per heavy atom. The monoisotopic (exact) mass is 280 g/mol. The Morgan fingerprint density at radius 1 is 1.33 bits per heavy atom. The fraction of sp³-hybridized carbons (Fsp3) is 0.500. The van der Waals surface area contributed by atoms with Crippen LogP contribution in [0.1, 0.15) is 56.6 Å². The molecule has 0 radical (unpaired) electrons. The molecule has 1 fully saturated rings. The van der Waals surface area contributed by atoms with Crippen molar-refractivity contribution in [3.05, 3.63) is 47.1 Å². The van der Waals surface area contributed by atoms with Gasteiger partial charge in [0.15, 0.2) is 0 Å². The van der Waals surface area contributed by atoms with Crippen LogP contribution in [-0.4, -0.2) is 5.11 Å². The molecule has 1 saturated carbocycles. The third kappa shape index (κ3) is 1.76. The highest BCUT2D eigenvalue weighted by Gasteiger charge is 2.50. The number of phenolic OH excluding ortho intramolecular Hbond substituents is 1. The third-order valence-corrected chi connectivity index (χ3v) is 6.42. The lowest BCUT2D eigenvalue weighted by Gasteiger charge is -2.48. The van der Waals surface area contributed by atoms with E-state index >= 15 is 0 Å². The maximum Gasteiger partial charge on any atom is 0.116 e. The molecular weight excluding hydrogens is 256 g/mol. The molecule has 0 saturated heterocycles. The SMILES string of the molecule is CCC1=CCC2C3C=Cc4cc(O)ccc4C3CCC12C. The zero-order chi connectivity index (χ0) is 14.6. The Morgan fingerprint density at radius 2 is 2.19 bits per heavy atom. The van der Waals surface area contributed by atoms with Crippen molar-refractivity contribution in [2.45, 2.75) is 45.4 Å². The van der Waals surface area contributed by atoms with Crippen molar-refractivity contribution >= 4 is 6.08 Å². The molecule has 1 N–H and O–H groups in total. The average Bonchev–Trinajstić information content (AvgIpc) is 2.83. The van der Waals surface area contributed by atoms with Gasteiger partial charge in [0.2, 0.25) is 0 Å². The number of aromatic hydroxyl groups is 1. The first-order valence-electron chi connectivity index (χ1n) is 8.34. The lowest BCUT2D eigenvalue weighted by atomic mass is 9.55. The van der Waals surface area contributed by atoms with Crippen molar-refractivity contribution < 1.29 is 5.11 Å². The lowest BCUT2D eigenvalue weighted by Crippen LogP contribution is -2.39. The van der Waals surface area contributed by atoms with Crippen LogP contribution in [0.2, 0.25) is 0 Å². The van der Waals surface area contributed by atoms with Gasteiger partial charge in [-0.3, -0.25) is 0 Å². The highest BCUT2D eigenvalue weighted by Crippen LogP contribution is 2.60. The van der Waals surface area contributed by atoms with Gasteiger partial charge in [-0.05, 0) is 72.1 Å². The predicted molar refractivity (Wildman–Crippen MR) is 87.2 cm³/mol. The molecular formula is C20H24O. The summed E-state index contributed by atoms with van der Waals surface area (Å²) in [5.41, 5.74) is 4.79. The summed E-state index contributed by atoms with van der Waals surface area (Å²) in [6.45, 7) is 4.80. The van der Waals surface area contributed by atoms with E-state index in [0.29, 0.717) is 23.0 Å². The quantitative estimate of drug-likeness (QED) is 0.694. The molecule has 1 nitrogen and oxygen atoms in total. The van der Waals surface area contributed by atoms with Crippen LogP contribution in [0.3, 0.4) is 0 Å². The summed E-state index contributed by atoms with van der Waals surface area (Å²) >= 11 is 0. The minimum atomic E-state index is 0.383. The standard InChI is InChI=1S/C20H24O/c1-3-14-5-9-19-18-7-4-13-12-15(21)6-8-16(13)17(18)10-11-20(14,19)2/h4-8,12,17-19,21H,3,9-11H2,1-2H3. The summed E-state index contributed by atoms with van der Waals surface area (Å²) in [4.78, 5) is 0. The molecule has 0 bridgehead atoms. The van der Waals surface area contributed by atoms with Crippen LogP contribution in [-0.2, 0) is 0 Å². The van der Waals surface area contributed by atoms with Gasteiger partial charge in [-0.15, -0.1) is 0 Å². The van der Waals surface area contributed by atoms with E-state index in [1.807, 2.05) is 12.1 Å². The zero-order valence-electron chi connectivity index (χ0n) is 13.0. The highest BCUT2D eigenvalue weighted by molar-refractivity contribution is 5.61. The van der Waals surface area contributed by atoms with E-state index in [9.17, 15) is 5.11 Å². The summed E-state index contributed by atoms with van der Waals surface area (Å²) in [5, 5.41) is 9.70. The molecule has 1 aromatic rings. The second kappa shape index (κ2) is 4.50. The van der Waals surface area contributed by atoms with Crippen molar-refractivity contribution in [1.82, 2.24) is 0 Å². The van der Waals surface area contributed by atoms with Crippen LogP contribution in [0, 0.1) is 17.3 Å². The zero-order valence-corrected chi connectivity index (χ0v) is 13.0. The molecule has 0 aromatic heterocycles. The largest absolute Gasteiger partial charge is 0.508 e. The van der Waals surface area contributed by atoms with E-state index in [-0.39, 0.29) is 0 Å². The number of hydrogen-bond acceptors (Lipinski definition) is 1. The Bertz CT molecular complexity index is 639. The van der Waals surface area contributed by atoms with Crippen molar-refractivity contribution in [1.29, 1.82) is 0 Å². The van der Waals surface area contributed by atoms with Gasteiger partial charge >= 0.3 is 0 Å². The molecule has 3 aliphatic carbocycles. The van der Waals surface area contributed by atoms with Gasteiger partial charge in [-0.25, -0.2) is 0 Å². The third-order valence-electron chi connectivity index (χ3n) is 6.42. The molecule has 3 aliphatic rings. The summed E-state index contributed by atoms with van der Waals surface area (Å²) in [6.07, 6.45) is 12.2. The molecule has 21 heavy (non-hydrogen) atoms. The molecule has 1 heteroatoms. The van der Waals surface area contributed by atoms with E-state index in [1.165, 1.54) is 36.8 Å². The maximum atomic E-state index is 9.70. The van der Waals surface area contributed by atoms with Crippen LogP contribution < -0.4 is 0 Å². The Balaban J connectivity index is 1.73. The fourth-order valence-electron chi connectivity index (χ4n) is 5.29. The number of fused-ring (bicyclic) bond motifs is 5. The van der Waals surface area contributed by atoms with Crippen molar-refractivity contribution in [2.75, 3.05) is 0 Å². The van der Waals surface area contributed by atoms with E-state index < -0.39 is 0 Å². The summed E-state index contributed by atoms with van der Waals surface area (Å²) in [5.74, 6) is 2.46. The van der Waals surface area contributed by atoms with Crippen LogP contribution in [0.15, 0.2) is 35.9 Å². The predicted octanol–water partition coefficient (Wildman–Crippen LogP) is 5.28. The van der Waals surface area contributed by atoms with Gasteiger partial charge in [0.25, 0.3) is 0 Å². The van der Waals surface area contributed by atoms with Crippen molar-refractivity contribution in [2.24, 2.45) is 17.3 Å². The molecule has 0 aliphatic heterocycles. The Labute approximate surface area is 127 Å². The second-order valence-electron chi connectivity index (χ2n) is 7.24. The van der Waals surface area contributed by atoms with E-state index in [2.05, 4.69) is 38.1 Å². The highest BCUT2D eigenvalue weighted by atomic mass is 16.3. The molecule has 4 rings (SSSR count). The van der Waals surface area contributed by atoms with Crippen LogP contribution >= 0.6 is 0 Å². The van der Waals surface area contributed by atoms with Gasteiger partial charge in [-0.1, -0.05) is 43.7 Å². The van der Waals surface area contributed by atoms with Crippen molar-refractivity contribution in [3.63, 3.8) is 0 Å². The molecule has 4 atom stereocenters. The van der Waals surface area contributed by atoms with E-state index in [1.54, 1.807) is 5.57 Å². The first kappa shape index (κ1) is 13.2. The molecule has 1 aromatic carbocycles. The van der Waals surface area contributed by atoms with Crippen LogP contribution in [0.4, 0.5) is 0 Å². The van der Waals surface area contributed by atoms with Gasteiger partial charge in [0.05, 0.1) is 0 Å². The summed E-state index contributed by atoms with van der Waals surface area (Å²) < 4.78 is 0. The Hall–Kier alpha value is -1.50. The first-order valence-corrected chi connectivity index (χ1v) is 8.34. The minimum absolute atomic E-state index is 0.383. The normalized spacial score (nSPS) is 36.7. The van der Waals surface area contributed by atoms with Gasteiger partial charge in [-0.2, -0.15) is 0 Å². The first-order chi connectivity index (χ1) is 10.1. The molecule has 0 spiro atoms. The molecule has 110 valence electrons. The number of rotatable bonds is 1. The minimum Gasteiger partial charge on any atom is -0.508 e. The Kier molecular flexibility index (Phi) is 2.82. The molecule has 4 unspecified atom stereocenters. The molecule has 0 amide bonds. The van der Waals surface area contributed by atoms with Gasteiger partial charge < -0.3 is 5.11 Å². The maximum absolute atomic E-state index is 9.70. The number of allylic oxidation sites excluding steroid dienone is 3. The van der Waals surface area contributed by atoms with Gasteiger partial charge in [0.1, 0.15) is 5.75 Å². The van der Waals surface area contributed by atoms with E-state index in [4.69, 9.17) is 0 Å². The summed E-state index contributed by atoms with van der Waals surface area (Å²) in [7, 11) is 0. The average molecular weight is 280 g/mol. The van der Waals surface area contributed by atoms with Gasteiger partial charge in [0, 0.05) is 0 Å². The lowest BCUT2D eigenvalue weighted by molar-refractivity contribution is 0.112. The topological polar surface area (TPSA) is 20.2 Å². The number of hydrogen-bond donors (Lipinski definition) is 1. The number of benzene rings is 1. The molecule has 0 heterocycles.